The van der Waals surface area contributed by atoms with Crippen LogP contribution in [-0.4, -0.2) is 25.2 Å². The molecule has 112 valence electrons. The summed E-state index contributed by atoms with van der Waals surface area (Å²) in [4.78, 5) is 15.8. The fourth-order valence-corrected chi connectivity index (χ4v) is 1.67. The molecule has 0 aliphatic heterocycles. The van der Waals surface area contributed by atoms with Crippen LogP contribution >= 0.6 is 0 Å². The molecule has 4 heteroatoms. The highest BCUT2D eigenvalue weighted by Gasteiger charge is 2.05. The quantitative estimate of drug-likeness (QED) is 0.570. The molecule has 1 aromatic rings. The Morgan fingerprint density at radius 2 is 2.00 bits per heavy atom. The summed E-state index contributed by atoms with van der Waals surface area (Å²) >= 11 is 0. The van der Waals surface area contributed by atoms with E-state index in [4.69, 9.17) is 0 Å². The van der Waals surface area contributed by atoms with E-state index in [0.717, 1.165) is 12.1 Å². The van der Waals surface area contributed by atoms with Crippen LogP contribution < -0.4 is 10.6 Å². The van der Waals surface area contributed by atoms with Gasteiger partial charge in [-0.25, -0.2) is 0 Å². The molecule has 21 heavy (non-hydrogen) atoms. The van der Waals surface area contributed by atoms with Gasteiger partial charge >= 0.3 is 0 Å². The molecule has 0 saturated heterocycles. The van der Waals surface area contributed by atoms with Gasteiger partial charge in [-0.2, -0.15) is 0 Å². The molecule has 0 spiro atoms. The third kappa shape index (κ3) is 6.19. The maximum Gasteiger partial charge on any atom is 0.251 e. The Hall–Kier alpha value is -2.20. The SMILES string of the molecule is C=C/C=C(/CNC(=O)c1ccc(CNC(C)C)cc1)N=C. The fourth-order valence-electron chi connectivity index (χ4n) is 1.67. The molecule has 1 rings (SSSR count). The van der Waals surface area contributed by atoms with Crippen molar-refractivity contribution in [3.05, 3.63) is 59.8 Å². The number of amides is 1. The topological polar surface area (TPSA) is 53.5 Å². The zero-order valence-electron chi connectivity index (χ0n) is 12.7. The molecule has 0 saturated carbocycles. The Morgan fingerprint density at radius 3 is 2.52 bits per heavy atom. The number of carbonyl (C=O) groups excluding carboxylic acids is 1. The number of nitrogens with zero attached hydrogens (tertiary/aromatic N) is 1. The van der Waals surface area contributed by atoms with Crippen molar-refractivity contribution in [3.63, 3.8) is 0 Å². The van der Waals surface area contributed by atoms with Crippen molar-refractivity contribution in [3.8, 4) is 0 Å². The summed E-state index contributed by atoms with van der Waals surface area (Å²) in [7, 11) is 0. The molecule has 0 aromatic heterocycles. The monoisotopic (exact) mass is 285 g/mol. The predicted molar refractivity (Wildman–Crippen MR) is 88.6 cm³/mol. The summed E-state index contributed by atoms with van der Waals surface area (Å²) < 4.78 is 0. The van der Waals surface area contributed by atoms with Gasteiger partial charge in [-0.3, -0.25) is 9.79 Å². The number of carbonyl (C=O) groups is 1. The standard InChI is InChI=1S/C17H23N3O/c1-5-6-16(18-4)12-20-17(21)15-9-7-14(8-10-15)11-19-13(2)3/h5-10,13,19H,1,4,11-12H2,2-3H3,(H,20,21)/b16-6-. The molecular weight excluding hydrogens is 262 g/mol. The van der Waals surface area contributed by atoms with E-state index in [-0.39, 0.29) is 5.91 Å². The van der Waals surface area contributed by atoms with E-state index in [1.54, 1.807) is 12.2 Å². The number of hydrogen-bond acceptors (Lipinski definition) is 3. The molecule has 0 fully saturated rings. The highest BCUT2D eigenvalue weighted by Crippen LogP contribution is 2.05. The summed E-state index contributed by atoms with van der Waals surface area (Å²) in [6.45, 7) is 12.4. The zero-order chi connectivity index (χ0) is 15.7. The van der Waals surface area contributed by atoms with Gasteiger partial charge in [0.15, 0.2) is 0 Å². The fraction of sp³-hybridized carbons (Fsp3) is 0.294. The van der Waals surface area contributed by atoms with Gasteiger partial charge < -0.3 is 10.6 Å². The van der Waals surface area contributed by atoms with Gasteiger partial charge in [-0.15, -0.1) is 0 Å². The first-order valence-electron chi connectivity index (χ1n) is 6.95. The van der Waals surface area contributed by atoms with Gasteiger partial charge in [-0.05, 0) is 30.5 Å². The summed E-state index contributed by atoms with van der Waals surface area (Å²) in [5.74, 6) is -0.128. The first-order valence-corrected chi connectivity index (χ1v) is 6.95. The van der Waals surface area contributed by atoms with Gasteiger partial charge in [0.25, 0.3) is 5.91 Å². The molecule has 4 nitrogen and oxygen atoms in total. The molecule has 1 amide bonds. The summed E-state index contributed by atoms with van der Waals surface area (Å²) in [6, 6.07) is 8.00. The van der Waals surface area contributed by atoms with E-state index < -0.39 is 0 Å². The first-order chi connectivity index (χ1) is 10.1. The van der Waals surface area contributed by atoms with Crippen LogP contribution in [0.4, 0.5) is 0 Å². The minimum Gasteiger partial charge on any atom is -0.346 e. The number of nitrogens with one attached hydrogen (secondary N) is 2. The van der Waals surface area contributed by atoms with Crippen molar-refractivity contribution in [2.45, 2.75) is 26.4 Å². The van der Waals surface area contributed by atoms with Crippen LogP contribution in [-0.2, 0) is 6.54 Å². The van der Waals surface area contributed by atoms with Crippen molar-refractivity contribution in [1.29, 1.82) is 0 Å². The smallest absolute Gasteiger partial charge is 0.251 e. The van der Waals surface area contributed by atoms with Crippen LogP contribution in [0.15, 0.2) is 53.7 Å². The highest BCUT2D eigenvalue weighted by molar-refractivity contribution is 5.94. The van der Waals surface area contributed by atoms with Crippen LogP contribution in [0.5, 0.6) is 0 Å². The number of aliphatic imine (C=N–C) groups is 1. The largest absolute Gasteiger partial charge is 0.346 e. The lowest BCUT2D eigenvalue weighted by molar-refractivity contribution is 0.0957. The van der Waals surface area contributed by atoms with Crippen LogP contribution in [0, 0.1) is 0 Å². The van der Waals surface area contributed by atoms with Crippen LogP contribution in [0.3, 0.4) is 0 Å². The molecule has 0 unspecified atom stereocenters. The summed E-state index contributed by atoms with van der Waals surface area (Å²) in [5, 5.41) is 6.14. The second-order valence-corrected chi connectivity index (χ2v) is 4.97. The van der Waals surface area contributed by atoms with E-state index in [2.05, 4.69) is 42.8 Å². The molecule has 0 aliphatic rings. The molecule has 0 bridgehead atoms. The van der Waals surface area contributed by atoms with Crippen molar-refractivity contribution in [2.24, 2.45) is 4.99 Å². The predicted octanol–water partition coefficient (Wildman–Crippen LogP) is 2.68. The van der Waals surface area contributed by atoms with Crippen LogP contribution in [0.25, 0.3) is 0 Å². The lowest BCUT2D eigenvalue weighted by Gasteiger charge is -2.09. The third-order valence-electron chi connectivity index (χ3n) is 2.87. The first kappa shape index (κ1) is 16.9. The number of rotatable bonds is 8. The second-order valence-electron chi connectivity index (χ2n) is 4.97. The highest BCUT2D eigenvalue weighted by atomic mass is 16.1. The molecule has 0 atom stereocenters. The van der Waals surface area contributed by atoms with Crippen LogP contribution in [0.2, 0.25) is 0 Å². The molecule has 0 heterocycles. The van der Waals surface area contributed by atoms with Gasteiger partial charge in [-0.1, -0.05) is 38.6 Å². The van der Waals surface area contributed by atoms with E-state index >= 15 is 0 Å². The Labute approximate surface area is 126 Å². The molecule has 0 aliphatic carbocycles. The minimum atomic E-state index is -0.128. The second kappa shape index (κ2) is 8.87. The lowest BCUT2D eigenvalue weighted by atomic mass is 10.1. The average molecular weight is 285 g/mol. The third-order valence-corrected chi connectivity index (χ3v) is 2.87. The van der Waals surface area contributed by atoms with E-state index in [0.29, 0.717) is 23.8 Å². The summed E-state index contributed by atoms with van der Waals surface area (Å²) in [5.41, 5.74) is 2.46. The number of benzene rings is 1. The minimum absolute atomic E-state index is 0.128. The zero-order valence-corrected chi connectivity index (χ0v) is 12.7. The van der Waals surface area contributed by atoms with Crippen molar-refractivity contribution in [2.75, 3.05) is 6.54 Å². The summed E-state index contributed by atoms with van der Waals surface area (Å²) in [6.07, 6.45) is 3.33. The Kier molecular flexibility index (Phi) is 7.12. The van der Waals surface area contributed by atoms with Crippen LogP contribution in [0.1, 0.15) is 29.8 Å². The lowest BCUT2D eigenvalue weighted by Crippen LogP contribution is -2.25. The van der Waals surface area contributed by atoms with Crippen molar-refractivity contribution < 1.29 is 4.79 Å². The van der Waals surface area contributed by atoms with Gasteiger partial charge in [0.2, 0.25) is 0 Å². The Morgan fingerprint density at radius 1 is 1.33 bits per heavy atom. The molecule has 1 aromatic carbocycles. The van der Waals surface area contributed by atoms with E-state index in [1.165, 1.54) is 0 Å². The van der Waals surface area contributed by atoms with Crippen molar-refractivity contribution in [1.82, 2.24) is 10.6 Å². The van der Waals surface area contributed by atoms with Gasteiger partial charge in [0.1, 0.15) is 0 Å². The maximum atomic E-state index is 12.0. The number of allylic oxidation sites excluding steroid dienone is 2. The molecule has 0 radical (unpaired) electrons. The normalized spacial score (nSPS) is 11.3. The Bertz CT molecular complexity index is 515. The number of hydrogen-bond donors (Lipinski definition) is 2. The molecular formula is C17H23N3O. The maximum absolute atomic E-state index is 12.0. The Balaban J connectivity index is 2.57. The van der Waals surface area contributed by atoms with Gasteiger partial charge in [0.05, 0.1) is 12.2 Å². The van der Waals surface area contributed by atoms with E-state index in [9.17, 15) is 4.79 Å². The average Bonchev–Trinajstić information content (AvgIpc) is 2.49. The van der Waals surface area contributed by atoms with Gasteiger partial charge in [0, 0.05) is 18.2 Å². The van der Waals surface area contributed by atoms with Crippen molar-refractivity contribution >= 4 is 12.6 Å². The van der Waals surface area contributed by atoms with E-state index in [1.807, 2.05) is 24.3 Å². The molecule has 2 N–H and O–H groups in total.